The van der Waals surface area contributed by atoms with Crippen molar-refractivity contribution < 1.29 is 4.79 Å². The number of carbonyl (C=O) groups is 1. The Bertz CT molecular complexity index is 664. The summed E-state index contributed by atoms with van der Waals surface area (Å²) in [6.45, 7) is 9.50. The summed E-state index contributed by atoms with van der Waals surface area (Å²) in [5.74, 6) is -0.0917. The molecule has 132 valence electrons. The number of piperazine rings is 1. The van der Waals surface area contributed by atoms with Crippen LogP contribution in [0.25, 0.3) is 0 Å². The molecular formula is C20H26N4O. The van der Waals surface area contributed by atoms with Crippen LogP contribution in [0, 0.1) is 0 Å². The van der Waals surface area contributed by atoms with Crippen LogP contribution in [0.1, 0.15) is 28.4 Å². The Labute approximate surface area is 149 Å². The van der Waals surface area contributed by atoms with E-state index >= 15 is 0 Å². The van der Waals surface area contributed by atoms with Crippen LogP contribution in [0.15, 0.2) is 48.8 Å². The van der Waals surface area contributed by atoms with Gasteiger partial charge < -0.3 is 10.2 Å². The molecular weight excluding hydrogens is 312 g/mol. The first-order valence-corrected chi connectivity index (χ1v) is 8.95. The molecule has 1 fully saturated rings. The van der Waals surface area contributed by atoms with Crippen LogP contribution in [-0.4, -0.2) is 53.4 Å². The maximum Gasteiger partial charge on any atom is 0.253 e. The molecule has 0 atom stereocenters. The fourth-order valence-electron chi connectivity index (χ4n) is 3.07. The highest BCUT2D eigenvalue weighted by Crippen LogP contribution is 2.10. The summed E-state index contributed by atoms with van der Waals surface area (Å²) in [5.41, 5.74) is 3.02. The van der Waals surface area contributed by atoms with Crippen molar-refractivity contribution >= 4 is 5.91 Å². The molecule has 0 radical (unpaired) electrons. The molecule has 0 bridgehead atoms. The molecule has 0 spiro atoms. The molecule has 1 aromatic heterocycles. The summed E-state index contributed by atoms with van der Waals surface area (Å²) < 4.78 is 0. The van der Waals surface area contributed by atoms with Crippen LogP contribution in [0.2, 0.25) is 0 Å². The number of aromatic nitrogens is 1. The maximum absolute atomic E-state index is 12.0. The van der Waals surface area contributed by atoms with E-state index in [1.165, 1.54) is 5.56 Å². The molecule has 1 aliphatic rings. The second-order valence-electron chi connectivity index (χ2n) is 6.45. The van der Waals surface area contributed by atoms with Gasteiger partial charge in [-0.05, 0) is 29.8 Å². The van der Waals surface area contributed by atoms with E-state index in [-0.39, 0.29) is 5.91 Å². The van der Waals surface area contributed by atoms with Gasteiger partial charge >= 0.3 is 0 Å². The van der Waals surface area contributed by atoms with Crippen molar-refractivity contribution in [3.8, 4) is 0 Å². The minimum absolute atomic E-state index is 0.0917. The van der Waals surface area contributed by atoms with Crippen molar-refractivity contribution in [3.05, 3.63) is 65.5 Å². The van der Waals surface area contributed by atoms with Crippen molar-refractivity contribution in [2.24, 2.45) is 0 Å². The minimum atomic E-state index is -0.0917. The molecule has 1 saturated heterocycles. The van der Waals surface area contributed by atoms with Crippen LogP contribution in [-0.2, 0) is 13.1 Å². The largest absolute Gasteiger partial charge is 0.348 e. The van der Waals surface area contributed by atoms with E-state index in [4.69, 9.17) is 0 Å². The van der Waals surface area contributed by atoms with Crippen molar-refractivity contribution in [1.82, 2.24) is 20.1 Å². The Morgan fingerprint density at radius 2 is 1.72 bits per heavy atom. The Balaban J connectivity index is 1.47. The number of rotatable bonds is 6. The minimum Gasteiger partial charge on any atom is -0.348 e. The number of amides is 1. The lowest BCUT2D eigenvalue weighted by Crippen LogP contribution is -2.45. The third kappa shape index (κ3) is 5.11. The van der Waals surface area contributed by atoms with Crippen molar-refractivity contribution in [2.75, 3.05) is 32.7 Å². The predicted molar refractivity (Wildman–Crippen MR) is 99.2 cm³/mol. The molecule has 5 nitrogen and oxygen atoms in total. The van der Waals surface area contributed by atoms with Gasteiger partial charge in [-0.2, -0.15) is 0 Å². The first-order valence-electron chi connectivity index (χ1n) is 8.95. The van der Waals surface area contributed by atoms with E-state index in [0.29, 0.717) is 12.1 Å². The summed E-state index contributed by atoms with van der Waals surface area (Å²) in [6.07, 6.45) is 3.24. The van der Waals surface area contributed by atoms with Gasteiger partial charge in [0.15, 0.2) is 0 Å². The van der Waals surface area contributed by atoms with Gasteiger partial charge in [0.1, 0.15) is 0 Å². The molecule has 0 saturated carbocycles. The van der Waals surface area contributed by atoms with Crippen LogP contribution in [0.3, 0.4) is 0 Å². The first-order chi connectivity index (χ1) is 12.2. The lowest BCUT2D eigenvalue weighted by atomic mass is 10.1. The molecule has 25 heavy (non-hydrogen) atoms. The molecule has 1 aliphatic heterocycles. The molecule has 3 rings (SSSR count). The smallest absolute Gasteiger partial charge is 0.253 e. The molecule has 0 aliphatic carbocycles. The number of hydrogen-bond donors (Lipinski definition) is 1. The number of nitrogens with one attached hydrogen (secondary N) is 1. The number of carbonyl (C=O) groups excluding carboxylic acids is 1. The first kappa shape index (κ1) is 17.6. The Morgan fingerprint density at radius 3 is 2.36 bits per heavy atom. The third-order valence-electron chi connectivity index (χ3n) is 4.72. The standard InChI is InChI=1S/C20H26N4O/c1-2-23-10-12-24(13-11-23)16-18-7-5-17(6-8-18)14-22-20(25)19-4-3-9-21-15-19/h3-9,15H,2,10-14,16H2,1H3,(H,22,25). The quantitative estimate of drug-likeness (QED) is 0.877. The lowest BCUT2D eigenvalue weighted by molar-refractivity contribution is 0.0950. The summed E-state index contributed by atoms with van der Waals surface area (Å²) in [4.78, 5) is 21.0. The van der Waals surface area contributed by atoms with Gasteiger partial charge in [-0.3, -0.25) is 14.7 Å². The zero-order valence-corrected chi connectivity index (χ0v) is 14.8. The molecule has 1 aromatic carbocycles. The van der Waals surface area contributed by atoms with Gasteiger partial charge in [0.25, 0.3) is 5.91 Å². The number of benzene rings is 1. The third-order valence-corrected chi connectivity index (χ3v) is 4.72. The molecule has 1 amide bonds. The summed E-state index contributed by atoms with van der Waals surface area (Å²) in [7, 11) is 0. The molecule has 2 heterocycles. The van der Waals surface area contributed by atoms with Gasteiger partial charge in [-0.15, -0.1) is 0 Å². The zero-order valence-electron chi connectivity index (χ0n) is 14.8. The molecule has 2 aromatic rings. The van der Waals surface area contributed by atoms with Gasteiger partial charge in [0, 0.05) is 51.7 Å². The van der Waals surface area contributed by atoms with Gasteiger partial charge in [-0.25, -0.2) is 0 Å². The van der Waals surface area contributed by atoms with Crippen LogP contribution in [0.4, 0.5) is 0 Å². The highest BCUT2D eigenvalue weighted by Gasteiger charge is 2.15. The highest BCUT2D eigenvalue weighted by molar-refractivity contribution is 5.93. The van der Waals surface area contributed by atoms with E-state index in [1.807, 2.05) is 0 Å². The normalized spacial score (nSPS) is 15.9. The van der Waals surface area contributed by atoms with Gasteiger partial charge in [-0.1, -0.05) is 31.2 Å². The average Bonchev–Trinajstić information content (AvgIpc) is 2.68. The Kier molecular flexibility index (Phi) is 6.14. The van der Waals surface area contributed by atoms with E-state index < -0.39 is 0 Å². The number of pyridine rings is 1. The fourth-order valence-corrected chi connectivity index (χ4v) is 3.07. The zero-order chi connectivity index (χ0) is 17.5. The van der Waals surface area contributed by atoms with Gasteiger partial charge in [0.2, 0.25) is 0 Å². The van der Waals surface area contributed by atoms with E-state index in [1.54, 1.807) is 24.5 Å². The number of hydrogen-bond acceptors (Lipinski definition) is 4. The molecule has 1 N–H and O–H groups in total. The lowest BCUT2D eigenvalue weighted by Gasteiger charge is -2.34. The highest BCUT2D eigenvalue weighted by atomic mass is 16.1. The SMILES string of the molecule is CCN1CCN(Cc2ccc(CNC(=O)c3cccnc3)cc2)CC1. The second-order valence-corrected chi connectivity index (χ2v) is 6.45. The topological polar surface area (TPSA) is 48.5 Å². The monoisotopic (exact) mass is 338 g/mol. The van der Waals surface area contributed by atoms with E-state index in [0.717, 1.165) is 44.8 Å². The molecule has 5 heteroatoms. The maximum atomic E-state index is 12.0. The van der Waals surface area contributed by atoms with Crippen LogP contribution < -0.4 is 5.32 Å². The average molecular weight is 338 g/mol. The Morgan fingerprint density at radius 1 is 1.04 bits per heavy atom. The molecule has 0 unspecified atom stereocenters. The van der Waals surface area contributed by atoms with Crippen molar-refractivity contribution in [2.45, 2.75) is 20.0 Å². The van der Waals surface area contributed by atoms with Crippen LogP contribution >= 0.6 is 0 Å². The van der Waals surface area contributed by atoms with Crippen molar-refractivity contribution in [3.63, 3.8) is 0 Å². The summed E-state index contributed by atoms with van der Waals surface area (Å²) >= 11 is 0. The fraction of sp³-hybridized carbons (Fsp3) is 0.400. The van der Waals surface area contributed by atoms with Gasteiger partial charge in [0.05, 0.1) is 5.56 Å². The summed E-state index contributed by atoms with van der Waals surface area (Å²) in [6, 6.07) is 12.1. The van der Waals surface area contributed by atoms with Crippen molar-refractivity contribution in [1.29, 1.82) is 0 Å². The van der Waals surface area contributed by atoms with Crippen LogP contribution in [0.5, 0.6) is 0 Å². The second kappa shape index (κ2) is 8.74. The van der Waals surface area contributed by atoms with E-state index in [2.05, 4.69) is 51.3 Å². The van der Waals surface area contributed by atoms with E-state index in [9.17, 15) is 4.79 Å². The number of likely N-dealkylation sites (N-methyl/N-ethyl adjacent to an activating group) is 1. The predicted octanol–water partition coefficient (Wildman–Crippen LogP) is 2.15. The Hall–Kier alpha value is -2.24. The summed E-state index contributed by atoms with van der Waals surface area (Å²) in [5, 5.41) is 2.93. The number of nitrogens with zero attached hydrogens (tertiary/aromatic N) is 3.